The zero-order valence-corrected chi connectivity index (χ0v) is 16.4. The maximum atomic E-state index is 12.3. The van der Waals surface area contributed by atoms with Crippen molar-refractivity contribution in [1.82, 2.24) is 9.55 Å². The van der Waals surface area contributed by atoms with Crippen LogP contribution < -0.4 is 5.32 Å². The summed E-state index contributed by atoms with van der Waals surface area (Å²) in [6, 6.07) is 13.9. The third kappa shape index (κ3) is 4.32. The van der Waals surface area contributed by atoms with Gasteiger partial charge in [0.15, 0.2) is 5.16 Å². The number of hydrogen-bond acceptors (Lipinski definition) is 3. The van der Waals surface area contributed by atoms with E-state index in [1.807, 2.05) is 67.1 Å². The average Bonchev–Trinajstić information content (AvgIpc) is 3.06. The molecule has 1 amide bonds. The Morgan fingerprint density at radius 2 is 1.96 bits per heavy atom. The topological polar surface area (TPSA) is 46.9 Å². The molecule has 1 aromatic heterocycles. The van der Waals surface area contributed by atoms with E-state index in [1.165, 1.54) is 11.8 Å². The second-order valence-electron chi connectivity index (χ2n) is 5.64. The highest BCUT2D eigenvalue weighted by atomic mass is 79.9. The monoisotopic (exact) mass is 415 g/mol. The highest BCUT2D eigenvalue weighted by Crippen LogP contribution is 2.23. The predicted octanol–water partition coefficient (Wildman–Crippen LogP) is 4.98. The van der Waals surface area contributed by atoms with Gasteiger partial charge in [-0.2, -0.15) is 0 Å². The third-order valence-corrected chi connectivity index (χ3v) is 5.42. The maximum Gasteiger partial charge on any atom is 0.234 e. The molecule has 0 radical (unpaired) electrons. The zero-order chi connectivity index (χ0) is 17.8. The molecule has 0 spiro atoms. The van der Waals surface area contributed by atoms with Crippen LogP contribution in [0.1, 0.15) is 11.1 Å². The van der Waals surface area contributed by atoms with Gasteiger partial charge in [0.1, 0.15) is 0 Å². The minimum atomic E-state index is -0.0379. The van der Waals surface area contributed by atoms with Gasteiger partial charge in [-0.05, 0) is 55.3 Å². The van der Waals surface area contributed by atoms with Gasteiger partial charge in [0, 0.05) is 28.2 Å². The van der Waals surface area contributed by atoms with Crippen LogP contribution in [0.15, 0.2) is 64.5 Å². The second kappa shape index (κ2) is 7.89. The Balaban J connectivity index is 1.66. The van der Waals surface area contributed by atoms with Crippen molar-refractivity contribution < 1.29 is 4.79 Å². The highest BCUT2D eigenvalue weighted by molar-refractivity contribution is 9.10. The normalized spacial score (nSPS) is 10.7. The summed E-state index contributed by atoms with van der Waals surface area (Å²) in [4.78, 5) is 16.6. The summed E-state index contributed by atoms with van der Waals surface area (Å²) in [5, 5.41) is 3.77. The van der Waals surface area contributed by atoms with Gasteiger partial charge >= 0.3 is 0 Å². The van der Waals surface area contributed by atoms with Gasteiger partial charge in [0.05, 0.1) is 5.75 Å². The lowest BCUT2D eigenvalue weighted by atomic mass is 10.1. The summed E-state index contributed by atoms with van der Waals surface area (Å²) in [5.41, 5.74) is 4.13. The Morgan fingerprint density at radius 1 is 1.20 bits per heavy atom. The fourth-order valence-electron chi connectivity index (χ4n) is 2.40. The van der Waals surface area contributed by atoms with Crippen LogP contribution in [0.5, 0.6) is 0 Å². The van der Waals surface area contributed by atoms with Gasteiger partial charge in [-0.1, -0.05) is 39.8 Å². The van der Waals surface area contributed by atoms with E-state index in [1.54, 1.807) is 6.20 Å². The molecule has 0 fully saturated rings. The predicted molar refractivity (Wildman–Crippen MR) is 107 cm³/mol. The van der Waals surface area contributed by atoms with E-state index in [4.69, 9.17) is 0 Å². The Kier molecular flexibility index (Phi) is 5.60. The van der Waals surface area contributed by atoms with Crippen molar-refractivity contribution in [2.45, 2.75) is 19.0 Å². The molecule has 0 unspecified atom stereocenters. The molecule has 4 nitrogen and oxygen atoms in total. The number of carbonyl (C=O) groups excluding carboxylic acids is 1. The average molecular weight is 416 g/mol. The minimum Gasteiger partial charge on any atom is -0.325 e. The Hall–Kier alpha value is -2.05. The van der Waals surface area contributed by atoms with Crippen molar-refractivity contribution in [3.8, 4) is 5.69 Å². The standard InChI is InChI=1S/C19H18BrN3OS/c1-13-4-3-5-17(14(13)2)22-18(24)12-25-19-21-10-11-23(19)16-8-6-15(20)7-9-16/h3-11H,12H2,1-2H3,(H,22,24). The number of aryl methyl sites for hydroxylation is 1. The summed E-state index contributed by atoms with van der Waals surface area (Å²) in [5.74, 6) is 0.269. The molecule has 3 rings (SSSR count). The van der Waals surface area contributed by atoms with Crippen molar-refractivity contribution in [3.05, 3.63) is 70.5 Å². The van der Waals surface area contributed by atoms with Crippen molar-refractivity contribution in [2.24, 2.45) is 0 Å². The molecule has 0 saturated heterocycles. The number of amides is 1. The molecule has 0 atom stereocenters. The lowest BCUT2D eigenvalue weighted by Crippen LogP contribution is -2.15. The largest absolute Gasteiger partial charge is 0.325 e. The van der Waals surface area contributed by atoms with E-state index in [9.17, 15) is 4.79 Å². The second-order valence-corrected chi connectivity index (χ2v) is 7.50. The number of aromatic nitrogens is 2. The van der Waals surface area contributed by atoms with Crippen molar-refractivity contribution in [2.75, 3.05) is 11.1 Å². The van der Waals surface area contributed by atoms with Crippen molar-refractivity contribution in [3.63, 3.8) is 0 Å². The molecule has 6 heteroatoms. The Bertz CT molecular complexity index is 890. The molecule has 25 heavy (non-hydrogen) atoms. The zero-order valence-electron chi connectivity index (χ0n) is 14.0. The van der Waals surface area contributed by atoms with Crippen LogP contribution in [0.3, 0.4) is 0 Å². The molecular formula is C19H18BrN3OS. The molecule has 0 aliphatic heterocycles. The van der Waals surface area contributed by atoms with E-state index in [-0.39, 0.29) is 5.91 Å². The van der Waals surface area contributed by atoms with Crippen LogP contribution >= 0.6 is 27.7 Å². The van der Waals surface area contributed by atoms with Crippen molar-refractivity contribution in [1.29, 1.82) is 0 Å². The van der Waals surface area contributed by atoms with E-state index < -0.39 is 0 Å². The summed E-state index contributed by atoms with van der Waals surface area (Å²) >= 11 is 4.85. The van der Waals surface area contributed by atoms with Gasteiger partial charge in [0.25, 0.3) is 0 Å². The lowest BCUT2D eigenvalue weighted by molar-refractivity contribution is -0.113. The molecule has 0 aliphatic rings. The first-order valence-electron chi connectivity index (χ1n) is 7.83. The van der Waals surface area contributed by atoms with Crippen LogP contribution in [0.2, 0.25) is 0 Å². The van der Waals surface area contributed by atoms with Gasteiger partial charge in [-0.25, -0.2) is 4.98 Å². The molecule has 2 aromatic carbocycles. The third-order valence-electron chi connectivity index (χ3n) is 3.92. The number of rotatable bonds is 5. The number of anilines is 1. The molecule has 1 N–H and O–H groups in total. The first-order valence-corrected chi connectivity index (χ1v) is 9.60. The summed E-state index contributed by atoms with van der Waals surface area (Å²) in [6.07, 6.45) is 3.64. The fourth-order valence-corrected chi connectivity index (χ4v) is 3.44. The van der Waals surface area contributed by atoms with E-state index >= 15 is 0 Å². The highest BCUT2D eigenvalue weighted by Gasteiger charge is 2.10. The summed E-state index contributed by atoms with van der Waals surface area (Å²) in [6.45, 7) is 4.05. The van der Waals surface area contributed by atoms with Crippen LogP contribution in [-0.4, -0.2) is 21.2 Å². The van der Waals surface area contributed by atoms with Gasteiger partial charge < -0.3 is 5.32 Å². The molecule has 0 bridgehead atoms. The number of imidazole rings is 1. The first-order chi connectivity index (χ1) is 12.0. The molecule has 0 aliphatic carbocycles. The van der Waals surface area contributed by atoms with E-state index in [0.717, 1.165) is 32.1 Å². The quantitative estimate of drug-likeness (QED) is 0.597. The number of thioether (sulfide) groups is 1. The number of carbonyl (C=O) groups is 1. The molecule has 128 valence electrons. The number of nitrogens with zero attached hydrogens (tertiary/aromatic N) is 2. The maximum absolute atomic E-state index is 12.3. The van der Waals surface area contributed by atoms with Gasteiger partial charge in [0.2, 0.25) is 5.91 Å². The van der Waals surface area contributed by atoms with Crippen LogP contribution in [0.4, 0.5) is 5.69 Å². The number of hydrogen-bond donors (Lipinski definition) is 1. The van der Waals surface area contributed by atoms with Crippen LogP contribution in [0.25, 0.3) is 5.69 Å². The number of nitrogens with one attached hydrogen (secondary N) is 1. The smallest absolute Gasteiger partial charge is 0.234 e. The van der Waals surface area contributed by atoms with Crippen LogP contribution in [0, 0.1) is 13.8 Å². The summed E-state index contributed by atoms with van der Waals surface area (Å²) in [7, 11) is 0. The van der Waals surface area contributed by atoms with E-state index in [2.05, 4.69) is 26.2 Å². The first kappa shape index (κ1) is 17.8. The molecule has 1 heterocycles. The Morgan fingerprint density at radius 3 is 2.72 bits per heavy atom. The number of benzene rings is 2. The minimum absolute atomic E-state index is 0.0379. The van der Waals surface area contributed by atoms with Crippen molar-refractivity contribution >= 4 is 39.3 Å². The van der Waals surface area contributed by atoms with E-state index in [0.29, 0.717) is 5.75 Å². The van der Waals surface area contributed by atoms with Gasteiger partial charge in [-0.15, -0.1) is 0 Å². The Labute approximate surface area is 159 Å². The molecular weight excluding hydrogens is 398 g/mol. The molecule has 0 saturated carbocycles. The number of halogens is 1. The van der Waals surface area contributed by atoms with Crippen LogP contribution in [-0.2, 0) is 4.79 Å². The fraction of sp³-hybridized carbons (Fsp3) is 0.158. The summed E-state index contributed by atoms with van der Waals surface area (Å²) < 4.78 is 3.00. The molecule has 3 aromatic rings. The SMILES string of the molecule is Cc1cccc(NC(=O)CSc2nccn2-c2ccc(Br)cc2)c1C. The lowest BCUT2D eigenvalue weighted by Gasteiger charge is -2.11. The van der Waals surface area contributed by atoms with Gasteiger partial charge in [-0.3, -0.25) is 9.36 Å².